The quantitative estimate of drug-likeness (QED) is 0.725. The van der Waals surface area contributed by atoms with Gasteiger partial charge in [-0.15, -0.1) is 0 Å². The normalized spacial score (nSPS) is 20.7. The Balaban J connectivity index is 2.17. The van der Waals surface area contributed by atoms with E-state index in [4.69, 9.17) is 9.31 Å². The summed E-state index contributed by atoms with van der Waals surface area (Å²) in [5.74, 6) is 0.584. The average Bonchev–Trinajstić information content (AvgIpc) is 2.64. The number of allylic oxidation sites excluding steroid dienone is 2. The van der Waals surface area contributed by atoms with Crippen molar-refractivity contribution in [2.45, 2.75) is 65.6 Å². The summed E-state index contributed by atoms with van der Waals surface area (Å²) in [6.07, 6.45) is 4.22. The van der Waals surface area contributed by atoms with Crippen molar-refractivity contribution in [1.82, 2.24) is 0 Å². The van der Waals surface area contributed by atoms with Crippen molar-refractivity contribution in [3.8, 4) is 0 Å². The Morgan fingerprint density at radius 2 is 1.59 bits per heavy atom. The van der Waals surface area contributed by atoms with E-state index in [1.165, 1.54) is 11.0 Å². The predicted molar refractivity (Wildman–Crippen MR) is 93.8 cm³/mol. The lowest BCUT2D eigenvalue weighted by Crippen LogP contribution is -2.41. The molecule has 0 amide bonds. The standard InChI is InChI=1S/C19H29BO2/c1-15(2)14-17(13-12-16-10-8-7-9-11-16)20-21-18(3,4)19(5,6)22-20/h7-11,13,15H,12,14H2,1-6H3/b17-13+. The Labute approximate surface area is 136 Å². The van der Waals surface area contributed by atoms with Crippen LogP contribution in [0.2, 0.25) is 0 Å². The molecule has 0 aliphatic carbocycles. The van der Waals surface area contributed by atoms with Crippen LogP contribution >= 0.6 is 0 Å². The van der Waals surface area contributed by atoms with Gasteiger partial charge in [-0.1, -0.05) is 50.3 Å². The van der Waals surface area contributed by atoms with Crippen LogP contribution in [0.5, 0.6) is 0 Å². The van der Waals surface area contributed by atoms with Gasteiger partial charge < -0.3 is 9.31 Å². The zero-order valence-electron chi connectivity index (χ0n) is 14.8. The van der Waals surface area contributed by atoms with Crippen LogP contribution in [0.25, 0.3) is 0 Å². The summed E-state index contributed by atoms with van der Waals surface area (Å²) < 4.78 is 12.4. The number of hydrogen-bond acceptors (Lipinski definition) is 2. The first-order valence-electron chi connectivity index (χ1n) is 8.30. The van der Waals surface area contributed by atoms with Gasteiger partial charge in [-0.25, -0.2) is 0 Å². The van der Waals surface area contributed by atoms with Gasteiger partial charge in [0.1, 0.15) is 0 Å². The highest BCUT2D eigenvalue weighted by atomic mass is 16.7. The van der Waals surface area contributed by atoms with E-state index in [9.17, 15) is 0 Å². The molecule has 0 atom stereocenters. The van der Waals surface area contributed by atoms with Crippen molar-refractivity contribution in [3.63, 3.8) is 0 Å². The van der Waals surface area contributed by atoms with E-state index in [0.717, 1.165) is 12.8 Å². The van der Waals surface area contributed by atoms with E-state index in [1.807, 2.05) is 0 Å². The summed E-state index contributed by atoms with van der Waals surface area (Å²) in [4.78, 5) is 0. The molecule has 1 heterocycles. The van der Waals surface area contributed by atoms with Gasteiger partial charge >= 0.3 is 7.12 Å². The van der Waals surface area contributed by atoms with E-state index in [0.29, 0.717) is 5.92 Å². The molecule has 3 heteroatoms. The summed E-state index contributed by atoms with van der Waals surface area (Å²) in [6.45, 7) is 12.9. The van der Waals surface area contributed by atoms with Gasteiger partial charge in [0.05, 0.1) is 11.2 Å². The fourth-order valence-electron chi connectivity index (χ4n) is 2.60. The minimum absolute atomic E-state index is 0.226. The third-order valence-corrected chi connectivity index (χ3v) is 4.64. The lowest BCUT2D eigenvalue weighted by atomic mass is 9.73. The first kappa shape index (κ1) is 17.3. The van der Waals surface area contributed by atoms with Crippen LogP contribution in [0.3, 0.4) is 0 Å². The SMILES string of the molecule is CC(C)C/C(=C\Cc1ccccc1)B1OC(C)(C)C(C)(C)O1. The molecule has 120 valence electrons. The monoisotopic (exact) mass is 300 g/mol. The van der Waals surface area contributed by atoms with E-state index in [-0.39, 0.29) is 18.3 Å². The lowest BCUT2D eigenvalue weighted by Gasteiger charge is -2.32. The minimum Gasteiger partial charge on any atom is -0.400 e. The highest BCUT2D eigenvalue weighted by Crippen LogP contribution is 2.39. The van der Waals surface area contributed by atoms with E-state index >= 15 is 0 Å². The van der Waals surface area contributed by atoms with Crippen LogP contribution in [-0.2, 0) is 15.7 Å². The first-order valence-corrected chi connectivity index (χ1v) is 8.30. The van der Waals surface area contributed by atoms with Crippen LogP contribution in [0, 0.1) is 5.92 Å². The Morgan fingerprint density at radius 3 is 2.09 bits per heavy atom. The van der Waals surface area contributed by atoms with Gasteiger partial charge in [-0.3, -0.25) is 0 Å². The molecule has 0 N–H and O–H groups in total. The molecule has 0 saturated carbocycles. The lowest BCUT2D eigenvalue weighted by molar-refractivity contribution is 0.00578. The van der Waals surface area contributed by atoms with Crippen molar-refractivity contribution in [3.05, 3.63) is 47.4 Å². The highest BCUT2D eigenvalue weighted by molar-refractivity contribution is 6.54. The third kappa shape index (κ3) is 4.02. The van der Waals surface area contributed by atoms with Crippen molar-refractivity contribution in [2.75, 3.05) is 0 Å². The van der Waals surface area contributed by atoms with Crippen LogP contribution in [0.15, 0.2) is 41.9 Å². The second-order valence-corrected chi connectivity index (χ2v) is 7.65. The highest BCUT2D eigenvalue weighted by Gasteiger charge is 2.52. The first-order chi connectivity index (χ1) is 10.2. The molecule has 1 aliphatic heterocycles. The molecule has 1 fully saturated rings. The summed E-state index contributed by atoms with van der Waals surface area (Å²) >= 11 is 0. The Bertz CT molecular complexity index is 501. The van der Waals surface area contributed by atoms with Crippen molar-refractivity contribution in [1.29, 1.82) is 0 Å². The van der Waals surface area contributed by atoms with Gasteiger partial charge in [-0.2, -0.15) is 0 Å². The van der Waals surface area contributed by atoms with Gasteiger partial charge in [0.15, 0.2) is 0 Å². The molecule has 2 rings (SSSR count). The zero-order chi connectivity index (χ0) is 16.4. The van der Waals surface area contributed by atoms with E-state index in [2.05, 4.69) is 78.0 Å². The van der Waals surface area contributed by atoms with Crippen molar-refractivity contribution >= 4 is 7.12 Å². The van der Waals surface area contributed by atoms with Crippen molar-refractivity contribution in [2.24, 2.45) is 5.92 Å². The Hall–Kier alpha value is -1.06. The Kier molecular flexibility index (Phi) is 5.19. The molecule has 0 spiro atoms. The maximum absolute atomic E-state index is 6.22. The second kappa shape index (κ2) is 6.60. The molecule has 2 nitrogen and oxygen atoms in total. The fourth-order valence-corrected chi connectivity index (χ4v) is 2.60. The maximum atomic E-state index is 6.22. The summed E-state index contributed by atoms with van der Waals surface area (Å²) in [5.41, 5.74) is 2.03. The summed E-state index contributed by atoms with van der Waals surface area (Å²) in [6, 6.07) is 10.5. The van der Waals surface area contributed by atoms with E-state index < -0.39 is 0 Å². The summed E-state index contributed by atoms with van der Waals surface area (Å²) in [7, 11) is -0.226. The summed E-state index contributed by atoms with van der Waals surface area (Å²) in [5, 5.41) is 0. The number of benzene rings is 1. The molecule has 1 aliphatic rings. The Morgan fingerprint density at radius 1 is 1.05 bits per heavy atom. The molecule has 1 saturated heterocycles. The smallest absolute Gasteiger partial charge is 0.400 e. The molecular weight excluding hydrogens is 271 g/mol. The van der Waals surface area contributed by atoms with Crippen LogP contribution in [0.1, 0.15) is 53.5 Å². The van der Waals surface area contributed by atoms with Crippen molar-refractivity contribution < 1.29 is 9.31 Å². The zero-order valence-corrected chi connectivity index (χ0v) is 14.8. The van der Waals surface area contributed by atoms with Crippen LogP contribution < -0.4 is 0 Å². The fraction of sp³-hybridized carbons (Fsp3) is 0.579. The molecule has 0 unspecified atom stereocenters. The van der Waals surface area contributed by atoms with Crippen LogP contribution in [0.4, 0.5) is 0 Å². The molecule has 0 radical (unpaired) electrons. The van der Waals surface area contributed by atoms with Crippen LogP contribution in [-0.4, -0.2) is 18.3 Å². The van der Waals surface area contributed by atoms with Gasteiger partial charge in [0.25, 0.3) is 0 Å². The van der Waals surface area contributed by atoms with E-state index in [1.54, 1.807) is 0 Å². The largest absolute Gasteiger partial charge is 0.490 e. The van der Waals surface area contributed by atoms with Gasteiger partial charge in [-0.05, 0) is 57.5 Å². The molecular formula is C19H29BO2. The molecule has 22 heavy (non-hydrogen) atoms. The molecule has 0 bridgehead atoms. The second-order valence-electron chi connectivity index (χ2n) is 7.65. The average molecular weight is 300 g/mol. The predicted octanol–water partition coefficient (Wildman–Crippen LogP) is 4.83. The number of rotatable bonds is 5. The molecule has 0 aromatic heterocycles. The van der Waals surface area contributed by atoms with Gasteiger partial charge in [0.2, 0.25) is 0 Å². The molecule has 1 aromatic rings. The topological polar surface area (TPSA) is 18.5 Å². The van der Waals surface area contributed by atoms with Gasteiger partial charge in [0, 0.05) is 0 Å². The maximum Gasteiger partial charge on any atom is 0.490 e. The minimum atomic E-state index is -0.277. The third-order valence-electron chi connectivity index (χ3n) is 4.64. The molecule has 1 aromatic carbocycles. The number of hydrogen-bond donors (Lipinski definition) is 0.